The van der Waals surface area contributed by atoms with Gasteiger partial charge in [0.2, 0.25) is 5.91 Å². The zero-order chi connectivity index (χ0) is 24.1. The second kappa shape index (κ2) is 10.5. The third kappa shape index (κ3) is 5.70. The number of carboxylic acids is 1. The smallest absolute Gasteiger partial charge is 0.407 e. The third-order valence-corrected chi connectivity index (χ3v) is 5.92. The van der Waals surface area contributed by atoms with Crippen LogP contribution in [0.3, 0.4) is 0 Å². The van der Waals surface area contributed by atoms with Crippen LogP contribution in [0.15, 0.2) is 48.5 Å². The fourth-order valence-corrected chi connectivity index (χ4v) is 4.07. The summed E-state index contributed by atoms with van der Waals surface area (Å²) in [5.41, 5.74) is 4.46. The standard InChI is InChI=1S/C25H30N2O6/c1-14(2)21(12-22(29)27-23(15(3)28)24(30)31)26-25(32)33-13-20-18-10-6-4-8-16(18)17-9-5-7-11-19(17)20/h4-11,14-15,20-21,23,28H,12-13H2,1-3H3,(H,26,32)(H,27,29)(H,30,31)/t15?,21-,23?/m0/s1. The summed E-state index contributed by atoms with van der Waals surface area (Å²) >= 11 is 0. The number of rotatable bonds is 9. The van der Waals surface area contributed by atoms with E-state index in [9.17, 15) is 19.5 Å². The molecule has 0 aromatic heterocycles. The topological polar surface area (TPSA) is 125 Å². The fraction of sp³-hybridized carbons (Fsp3) is 0.400. The van der Waals surface area contributed by atoms with Gasteiger partial charge in [-0.25, -0.2) is 9.59 Å². The molecule has 0 radical (unpaired) electrons. The normalized spacial score (nSPS) is 15.2. The Morgan fingerprint density at radius 1 is 0.939 bits per heavy atom. The Labute approximate surface area is 193 Å². The number of aliphatic hydroxyl groups excluding tert-OH is 1. The molecule has 2 aromatic carbocycles. The van der Waals surface area contributed by atoms with E-state index in [1.54, 1.807) is 0 Å². The van der Waals surface area contributed by atoms with Crippen molar-refractivity contribution < 1.29 is 29.3 Å². The number of hydrogen-bond donors (Lipinski definition) is 4. The number of hydrogen-bond acceptors (Lipinski definition) is 5. The van der Waals surface area contributed by atoms with Gasteiger partial charge in [0.1, 0.15) is 6.61 Å². The first-order chi connectivity index (χ1) is 15.7. The lowest BCUT2D eigenvalue weighted by molar-refractivity contribution is -0.144. The van der Waals surface area contributed by atoms with E-state index in [-0.39, 0.29) is 24.9 Å². The number of amides is 2. The molecule has 1 aliphatic rings. The third-order valence-electron chi connectivity index (χ3n) is 5.92. The van der Waals surface area contributed by atoms with Crippen molar-refractivity contribution in [1.29, 1.82) is 0 Å². The highest BCUT2D eigenvalue weighted by Gasteiger charge is 2.30. The summed E-state index contributed by atoms with van der Waals surface area (Å²) < 4.78 is 5.54. The molecule has 33 heavy (non-hydrogen) atoms. The Hall–Kier alpha value is -3.39. The van der Waals surface area contributed by atoms with Gasteiger partial charge >= 0.3 is 12.1 Å². The van der Waals surface area contributed by atoms with Crippen molar-refractivity contribution in [3.63, 3.8) is 0 Å². The first kappa shape index (κ1) is 24.3. The van der Waals surface area contributed by atoms with Gasteiger partial charge in [-0.05, 0) is 35.1 Å². The SMILES string of the molecule is CC(O)C(NC(=O)C[C@H](NC(=O)OCC1c2ccccc2-c2ccccc21)C(C)C)C(=O)O. The highest BCUT2D eigenvalue weighted by Crippen LogP contribution is 2.44. The zero-order valence-corrected chi connectivity index (χ0v) is 18.9. The first-order valence-corrected chi connectivity index (χ1v) is 11.0. The molecular formula is C25H30N2O6. The molecule has 1 aliphatic carbocycles. The van der Waals surface area contributed by atoms with Gasteiger partial charge in [0.05, 0.1) is 6.10 Å². The molecule has 3 rings (SSSR count). The predicted molar refractivity (Wildman–Crippen MR) is 123 cm³/mol. The van der Waals surface area contributed by atoms with Gasteiger partial charge in [-0.3, -0.25) is 4.79 Å². The lowest BCUT2D eigenvalue weighted by atomic mass is 9.98. The van der Waals surface area contributed by atoms with Crippen molar-refractivity contribution in [3.8, 4) is 11.1 Å². The average Bonchev–Trinajstić information content (AvgIpc) is 3.09. The quantitative estimate of drug-likeness (QED) is 0.462. The van der Waals surface area contributed by atoms with E-state index >= 15 is 0 Å². The molecule has 0 heterocycles. The Balaban J connectivity index is 1.61. The molecule has 0 spiro atoms. The number of ether oxygens (including phenoxy) is 1. The molecule has 2 aromatic rings. The Morgan fingerprint density at radius 3 is 1.97 bits per heavy atom. The zero-order valence-electron chi connectivity index (χ0n) is 18.9. The molecule has 176 valence electrons. The second-order valence-electron chi connectivity index (χ2n) is 8.65. The summed E-state index contributed by atoms with van der Waals surface area (Å²) in [4.78, 5) is 36.1. The van der Waals surface area contributed by atoms with E-state index in [0.717, 1.165) is 22.3 Å². The van der Waals surface area contributed by atoms with Crippen LogP contribution in [0.25, 0.3) is 11.1 Å². The minimum Gasteiger partial charge on any atom is -0.480 e. The lowest BCUT2D eigenvalue weighted by Crippen LogP contribution is -2.50. The molecule has 8 nitrogen and oxygen atoms in total. The van der Waals surface area contributed by atoms with E-state index in [1.165, 1.54) is 6.92 Å². The molecule has 4 N–H and O–H groups in total. The van der Waals surface area contributed by atoms with Gasteiger partial charge in [0, 0.05) is 18.4 Å². The Kier molecular flexibility index (Phi) is 7.71. The van der Waals surface area contributed by atoms with Crippen LogP contribution >= 0.6 is 0 Å². The average molecular weight is 455 g/mol. The molecule has 0 aliphatic heterocycles. The summed E-state index contributed by atoms with van der Waals surface area (Å²) in [5.74, 6) is -2.10. The maximum Gasteiger partial charge on any atom is 0.407 e. The van der Waals surface area contributed by atoms with E-state index < -0.39 is 36.2 Å². The highest BCUT2D eigenvalue weighted by molar-refractivity contribution is 5.84. The molecule has 8 heteroatoms. The fourth-order valence-electron chi connectivity index (χ4n) is 4.07. The van der Waals surface area contributed by atoms with E-state index in [0.29, 0.717) is 0 Å². The number of aliphatic hydroxyl groups is 1. The van der Waals surface area contributed by atoms with Crippen molar-refractivity contribution in [2.75, 3.05) is 6.61 Å². The highest BCUT2D eigenvalue weighted by atomic mass is 16.5. The number of benzene rings is 2. The van der Waals surface area contributed by atoms with E-state index in [4.69, 9.17) is 9.84 Å². The lowest BCUT2D eigenvalue weighted by Gasteiger charge is -2.24. The van der Waals surface area contributed by atoms with E-state index in [1.807, 2.05) is 50.2 Å². The maximum atomic E-state index is 12.6. The van der Waals surface area contributed by atoms with Gasteiger partial charge in [0.15, 0.2) is 6.04 Å². The Morgan fingerprint density at radius 2 is 1.48 bits per heavy atom. The number of carboxylic acid groups (broad SMARTS) is 1. The summed E-state index contributed by atoms with van der Waals surface area (Å²) in [6, 6.07) is 14.1. The molecule has 0 fully saturated rings. The van der Waals surface area contributed by atoms with Gasteiger partial charge < -0.3 is 25.6 Å². The minimum atomic E-state index is -1.42. The summed E-state index contributed by atoms with van der Waals surface area (Å²) in [6.45, 7) is 5.12. The summed E-state index contributed by atoms with van der Waals surface area (Å²) in [6.07, 6.45) is -2.04. The van der Waals surface area contributed by atoms with Crippen LogP contribution < -0.4 is 10.6 Å². The summed E-state index contributed by atoms with van der Waals surface area (Å²) in [5, 5.41) is 23.7. The summed E-state index contributed by atoms with van der Waals surface area (Å²) in [7, 11) is 0. The van der Waals surface area contributed by atoms with Gasteiger partial charge in [-0.15, -0.1) is 0 Å². The van der Waals surface area contributed by atoms with Crippen LogP contribution in [0.2, 0.25) is 0 Å². The monoisotopic (exact) mass is 454 g/mol. The van der Waals surface area contributed by atoms with Crippen molar-refractivity contribution >= 4 is 18.0 Å². The molecule has 0 bridgehead atoms. The number of carbonyl (C=O) groups excluding carboxylic acids is 2. The van der Waals surface area contributed by atoms with Crippen molar-refractivity contribution in [2.45, 2.75) is 51.3 Å². The van der Waals surface area contributed by atoms with Gasteiger partial charge in [-0.2, -0.15) is 0 Å². The number of nitrogens with one attached hydrogen (secondary N) is 2. The van der Waals surface area contributed by atoms with Crippen molar-refractivity contribution in [3.05, 3.63) is 59.7 Å². The van der Waals surface area contributed by atoms with Gasteiger partial charge in [0.25, 0.3) is 0 Å². The van der Waals surface area contributed by atoms with Crippen LogP contribution in [0.1, 0.15) is 44.2 Å². The van der Waals surface area contributed by atoms with Crippen molar-refractivity contribution in [1.82, 2.24) is 10.6 Å². The maximum absolute atomic E-state index is 12.6. The Bertz CT molecular complexity index is 974. The molecule has 2 amide bonds. The minimum absolute atomic E-state index is 0.0775. The van der Waals surface area contributed by atoms with Crippen LogP contribution in [0, 0.1) is 5.92 Å². The van der Waals surface area contributed by atoms with Crippen LogP contribution in [-0.4, -0.2) is 53.0 Å². The molecule has 0 saturated heterocycles. The predicted octanol–water partition coefficient (Wildman–Crippen LogP) is 2.89. The second-order valence-corrected chi connectivity index (χ2v) is 8.65. The first-order valence-electron chi connectivity index (χ1n) is 11.0. The van der Waals surface area contributed by atoms with Gasteiger partial charge in [-0.1, -0.05) is 62.4 Å². The largest absolute Gasteiger partial charge is 0.480 e. The number of fused-ring (bicyclic) bond motifs is 3. The van der Waals surface area contributed by atoms with Crippen LogP contribution in [0.5, 0.6) is 0 Å². The van der Waals surface area contributed by atoms with Crippen LogP contribution in [-0.2, 0) is 14.3 Å². The van der Waals surface area contributed by atoms with Crippen molar-refractivity contribution in [2.24, 2.45) is 5.92 Å². The number of carbonyl (C=O) groups is 3. The molecular weight excluding hydrogens is 424 g/mol. The number of alkyl carbamates (subject to hydrolysis) is 1. The molecule has 2 unspecified atom stereocenters. The molecule has 3 atom stereocenters. The van der Waals surface area contributed by atoms with E-state index in [2.05, 4.69) is 22.8 Å². The number of aliphatic carboxylic acids is 1. The van der Waals surface area contributed by atoms with Crippen LogP contribution in [0.4, 0.5) is 4.79 Å². The molecule has 0 saturated carbocycles.